The van der Waals surface area contributed by atoms with Gasteiger partial charge >= 0.3 is 5.97 Å². The highest BCUT2D eigenvalue weighted by Gasteiger charge is 2.44. The van der Waals surface area contributed by atoms with Gasteiger partial charge in [0.25, 0.3) is 0 Å². The van der Waals surface area contributed by atoms with Crippen LogP contribution in [0, 0.1) is 0 Å². The standard InChI is InChI=1S/C14H27N3O2/c1-16(9-10-17-7-3-4-8-17)12-5-6-14(15,11-12)13(18)19-2/h12H,3-11,15H2,1-2H3. The van der Waals surface area contributed by atoms with Gasteiger partial charge in [-0.1, -0.05) is 0 Å². The van der Waals surface area contributed by atoms with Gasteiger partial charge in [-0.05, 0) is 52.2 Å². The molecule has 5 nitrogen and oxygen atoms in total. The Bertz CT molecular complexity index is 318. The quantitative estimate of drug-likeness (QED) is 0.734. The Morgan fingerprint density at radius 3 is 2.79 bits per heavy atom. The normalized spacial score (nSPS) is 32.1. The van der Waals surface area contributed by atoms with E-state index in [1.54, 1.807) is 0 Å². The number of carbonyl (C=O) groups is 1. The Morgan fingerprint density at radius 1 is 1.47 bits per heavy atom. The van der Waals surface area contributed by atoms with Gasteiger partial charge in [0.05, 0.1) is 7.11 Å². The number of methoxy groups -OCH3 is 1. The highest BCUT2D eigenvalue weighted by molar-refractivity contribution is 5.81. The molecular formula is C14H27N3O2. The fraction of sp³-hybridized carbons (Fsp3) is 0.929. The number of ether oxygens (including phenoxy) is 1. The number of nitrogens with zero attached hydrogens (tertiary/aromatic N) is 2. The first-order chi connectivity index (χ1) is 9.05. The third-order valence-electron chi connectivity index (χ3n) is 4.71. The number of likely N-dealkylation sites (N-methyl/N-ethyl adjacent to an activating group) is 1. The van der Waals surface area contributed by atoms with Crippen LogP contribution in [0.3, 0.4) is 0 Å². The van der Waals surface area contributed by atoms with Gasteiger partial charge in [0.15, 0.2) is 0 Å². The minimum absolute atomic E-state index is 0.261. The molecule has 2 aliphatic rings. The Labute approximate surface area is 116 Å². The van der Waals surface area contributed by atoms with Crippen LogP contribution in [0.4, 0.5) is 0 Å². The van der Waals surface area contributed by atoms with Crippen molar-refractivity contribution in [2.24, 2.45) is 5.73 Å². The molecule has 1 heterocycles. The van der Waals surface area contributed by atoms with E-state index in [0.717, 1.165) is 32.4 Å². The zero-order valence-corrected chi connectivity index (χ0v) is 12.2. The van der Waals surface area contributed by atoms with Gasteiger partial charge in [0.1, 0.15) is 5.54 Å². The summed E-state index contributed by atoms with van der Waals surface area (Å²) in [7, 11) is 3.56. The summed E-state index contributed by atoms with van der Waals surface area (Å²) in [5.41, 5.74) is 5.39. The fourth-order valence-electron chi connectivity index (χ4n) is 3.30. The minimum Gasteiger partial charge on any atom is -0.468 e. The van der Waals surface area contributed by atoms with Crippen molar-refractivity contribution in [2.75, 3.05) is 40.3 Å². The molecule has 19 heavy (non-hydrogen) atoms. The van der Waals surface area contributed by atoms with Gasteiger partial charge in [0, 0.05) is 19.1 Å². The monoisotopic (exact) mass is 269 g/mol. The van der Waals surface area contributed by atoms with E-state index < -0.39 is 5.54 Å². The number of hydrogen-bond acceptors (Lipinski definition) is 5. The maximum absolute atomic E-state index is 11.7. The molecule has 2 atom stereocenters. The molecule has 0 radical (unpaired) electrons. The summed E-state index contributed by atoms with van der Waals surface area (Å²) < 4.78 is 4.82. The Balaban J connectivity index is 1.77. The average molecular weight is 269 g/mol. The molecule has 0 bridgehead atoms. The third-order valence-corrected chi connectivity index (χ3v) is 4.71. The third kappa shape index (κ3) is 3.46. The van der Waals surface area contributed by atoms with Crippen molar-refractivity contribution in [3.63, 3.8) is 0 Å². The average Bonchev–Trinajstić information content (AvgIpc) is 3.05. The first-order valence-corrected chi connectivity index (χ1v) is 7.35. The van der Waals surface area contributed by atoms with E-state index in [0.29, 0.717) is 6.04 Å². The zero-order valence-electron chi connectivity index (χ0n) is 12.2. The van der Waals surface area contributed by atoms with Crippen molar-refractivity contribution >= 4 is 5.97 Å². The number of nitrogens with two attached hydrogens (primary N) is 1. The summed E-state index contributed by atoms with van der Waals surface area (Å²) in [4.78, 5) is 16.6. The van der Waals surface area contributed by atoms with Crippen molar-refractivity contribution in [3.05, 3.63) is 0 Å². The maximum atomic E-state index is 11.7. The van der Waals surface area contributed by atoms with Gasteiger partial charge < -0.3 is 20.3 Å². The molecular weight excluding hydrogens is 242 g/mol. The van der Waals surface area contributed by atoms with Crippen LogP contribution >= 0.6 is 0 Å². The zero-order chi connectivity index (χ0) is 13.9. The van der Waals surface area contributed by atoms with Crippen molar-refractivity contribution < 1.29 is 9.53 Å². The molecule has 2 N–H and O–H groups in total. The summed E-state index contributed by atoms with van der Waals surface area (Å²) >= 11 is 0. The molecule has 2 unspecified atom stereocenters. The number of hydrogen-bond donors (Lipinski definition) is 1. The van der Waals surface area contributed by atoms with Crippen LogP contribution < -0.4 is 5.73 Å². The van der Waals surface area contributed by atoms with Crippen molar-refractivity contribution in [1.82, 2.24) is 9.80 Å². The largest absolute Gasteiger partial charge is 0.468 e. The lowest BCUT2D eigenvalue weighted by Crippen LogP contribution is -2.48. The van der Waals surface area contributed by atoms with Crippen LogP contribution in [0.5, 0.6) is 0 Å². The number of carbonyl (C=O) groups excluding carboxylic acids is 1. The molecule has 1 aliphatic carbocycles. The maximum Gasteiger partial charge on any atom is 0.325 e. The van der Waals surface area contributed by atoms with Gasteiger partial charge in [-0.3, -0.25) is 4.79 Å². The molecule has 1 saturated carbocycles. The van der Waals surface area contributed by atoms with E-state index in [4.69, 9.17) is 10.5 Å². The van der Waals surface area contributed by atoms with Crippen LogP contribution in [0.15, 0.2) is 0 Å². The smallest absolute Gasteiger partial charge is 0.325 e. The Morgan fingerprint density at radius 2 is 2.16 bits per heavy atom. The van der Waals surface area contributed by atoms with E-state index in [1.165, 1.54) is 33.0 Å². The second kappa shape index (κ2) is 6.20. The Hall–Kier alpha value is -0.650. The molecule has 2 fully saturated rings. The molecule has 0 aromatic carbocycles. The first kappa shape index (κ1) is 14.8. The minimum atomic E-state index is -0.763. The molecule has 110 valence electrons. The van der Waals surface area contributed by atoms with Gasteiger partial charge in [-0.2, -0.15) is 0 Å². The molecule has 0 spiro atoms. The van der Waals surface area contributed by atoms with E-state index in [2.05, 4.69) is 16.8 Å². The van der Waals surface area contributed by atoms with E-state index in [9.17, 15) is 4.79 Å². The van der Waals surface area contributed by atoms with E-state index in [-0.39, 0.29) is 5.97 Å². The van der Waals surface area contributed by atoms with E-state index >= 15 is 0 Å². The molecule has 2 rings (SSSR count). The number of esters is 1. The summed E-state index contributed by atoms with van der Waals surface area (Å²) in [6.07, 6.45) is 5.11. The van der Waals surface area contributed by atoms with Gasteiger partial charge in [-0.25, -0.2) is 0 Å². The SMILES string of the molecule is COC(=O)C1(N)CCC(N(C)CCN2CCCC2)C1. The first-order valence-electron chi connectivity index (χ1n) is 7.35. The lowest BCUT2D eigenvalue weighted by Gasteiger charge is -2.28. The highest BCUT2D eigenvalue weighted by atomic mass is 16.5. The Kier molecular flexibility index (Phi) is 4.81. The summed E-state index contributed by atoms with van der Waals surface area (Å²) in [6.45, 7) is 4.66. The van der Waals surface area contributed by atoms with Crippen LogP contribution in [0.2, 0.25) is 0 Å². The fourth-order valence-corrected chi connectivity index (χ4v) is 3.30. The van der Waals surface area contributed by atoms with Crippen LogP contribution in [-0.2, 0) is 9.53 Å². The predicted molar refractivity (Wildman–Crippen MR) is 74.9 cm³/mol. The van der Waals surface area contributed by atoms with Crippen LogP contribution in [0.1, 0.15) is 32.1 Å². The molecule has 1 aliphatic heterocycles. The predicted octanol–water partition coefficient (Wildman–Crippen LogP) is 0.437. The molecule has 0 aromatic heterocycles. The van der Waals surface area contributed by atoms with Crippen LogP contribution in [0.25, 0.3) is 0 Å². The lowest BCUT2D eigenvalue weighted by atomic mass is 9.99. The second-order valence-electron chi connectivity index (χ2n) is 6.07. The molecule has 5 heteroatoms. The second-order valence-corrected chi connectivity index (χ2v) is 6.07. The molecule has 0 aromatic rings. The van der Waals surface area contributed by atoms with Crippen molar-refractivity contribution in [2.45, 2.75) is 43.7 Å². The summed E-state index contributed by atoms with van der Waals surface area (Å²) in [5, 5.41) is 0. The summed E-state index contributed by atoms with van der Waals surface area (Å²) in [5.74, 6) is -0.261. The topological polar surface area (TPSA) is 58.8 Å². The van der Waals surface area contributed by atoms with E-state index in [1.807, 2.05) is 0 Å². The van der Waals surface area contributed by atoms with Crippen molar-refractivity contribution in [1.29, 1.82) is 0 Å². The van der Waals surface area contributed by atoms with Crippen molar-refractivity contribution in [3.8, 4) is 0 Å². The van der Waals surface area contributed by atoms with Gasteiger partial charge in [-0.15, -0.1) is 0 Å². The lowest BCUT2D eigenvalue weighted by molar-refractivity contribution is -0.146. The number of likely N-dealkylation sites (tertiary alicyclic amines) is 1. The van der Waals surface area contributed by atoms with Gasteiger partial charge in [0.2, 0.25) is 0 Å². The molecule has 1 saturated heterocycles. The van der Waals surface area contributed by atoms with Crippen LogP contribution in [-0.4, -0.2) is 67.7 Å². The highest BCUT2D eigenvalue weighted by Crippen LogP contribution is 2.31. The molecule has 0 amide bonds. The summed E-state index contributed by atoms with van der Waals surface area (Å²) in [6, 6.07) is 0.409. The number of rotatable bonds is 5.